The maximum atomic E-state index is 12.1. The third kappa shape index (κ3) is 5.02. The highest BCUT2D eigenvalue weighted by Gasteiger charge is 2.23. The van der Waals surface area contributed by atoms with Gasteiger partial charge in [0.05, 0.1) is 25.4 Å². The fourth-order valence-corrected chi connectivity index (χ4v) is 2.14. The Kier molecular flexibility index (Phi) is 5.88. The highest BCUT2D eigenvalue weighted by Crippen LogP contribution is 2.03. The molecule has 0 aromatic carbocycles. The van der Waals surface area contributed by atoms with E-state index in [1.807, 2.05) is 18.7 Å². The summed E-state index contributed by atoms with van der Waals surface area (Å²) < 4.78 is 5.22. The lowest BCUT2D eigenvalue weighted by Crippen LogP contribution is -2.51. The average Bonchev–Trinajstić information content (AvgIpc) is 2.28. The molecule has 0 aromatic heterocycles. The zero-order valence-electron chi connectivity index (χ0n) is 11.0. The Balaban J connectivity index is 2.35. The topological polar surface area (TPSA) is 61.8 Å². The monoisotopic (exact) mass is 244 g/mol. The maximum Gasteiger partial charge on any atom is 0.239 e. The molecule has 1 fully saturated rings. The van der Waals surface area contributed by atoms with E-state index in [0.29, 0.717) is 32.7 Å². The molecule has 100 valence electrons. The number of rotatable bonds is 5. The molecule has 17 heavy (non-hydrogen) atoms. The van der Waals surface area contributed by atoms with Crippen molar-refractivity contribution in [3.8, 4) is 0 Å². The van der Waals surface area contributed by atoms with E-state index in [1.54, 1.807) is 6.92 Å². The van der Waals surface area contributed by atoms with Crippen molar-refractivity contribution in [3.05, 3.63) is 0 Å². The lowest BCUT2D eigenvalue weighted by molar-refractivity contribution is -0.137. The molecule has 0 bridgehead atoms. The second-order valence-electron chi connectivity index (χ2n) is 4.81. The molecule has 5 nitrogen and oxygen atoms in total. The summed E-state index contributed by atoms with van der Waals surface area (Å²) in [6.07, 6.45) is 0.309. The highest BCUT2D eigenvalue weighted by molar-refractivity contribution is 5.81. The van der Waals surface area contributed by atoms with Gasteiger partial charge in [-0.2, -0.15) is 0 Å². The molecule has 3 unspecified atom stereocenters. The number of nitrogens with zero attached hydrogens (tertiary/aromatic N) is 1. The van der Waals surface area contributed by atoms with Crippen molar-refractivity contribution in [1.82, 2.24) is 10.2 Å². The molecule has 0 spiro atoms. The SMILES string of the molecule is CC(O)CC(C)NC(C)C(=O)N1CCOCC1. The third-order valence-electron chi connectivity index (χ3n) is 2.92. The molecular formula is C12H24N2O3. The molecule has 1 aliphatic heterocycles. The van der Waals surface area contributed by atoms with Crippen molar-refractivity contribution < 1.29 is 14.6 Å². The van der Waals surface area contributed by atoms with Crippen molar-refractivity contribution in [3.63, 3.8) is 0 Å². The summed E-state index contributed by atoms with van der Waals surface area (Å²) in [6.45, 7) is 8.22. The Hall–Kier alpha value is -0.650. The molecule has 5 heteroatoms. The van der Waals surface area contributed by atoms with Crippen LogP contribution in [0.3, 0.4) is 0 Å². The molecule has 2 N–H and O–H groups in total. The number of hydrogen-bond acceptors (Lipinski definition) is 4. The third-order valence-corrected chi connectivity index (χ3v) is 2.92. The standard InChI is InChI=1S/C12H24N2O3/c1-9(8-10(2)15)13-11(3)12(16)14-4-6-17-7-5-14/h9-11,13,15H,4-8H2,1-3H3. The van der Waals surface area contributed by atoms with Crippen molar-refractivity contribution >= 4 is 5.91 Å². The normalized spacial score (nSPS) is 22.0. The van der Waals surface area contributed by atoms with Crippen molar-refractivity contribution in [2.24, 2.45) is 0 Å². The first-order valence-electron chi connectivity index (χ1n) is 6.31. The summed E-state index contributed by atoms with van der Waals surface area (Å²) in [5, 5.41) is 12.5. The summed E-state index contributed by atoms with van der Waals surface area (Å²) in [7, 11) is 0. The van der Waals surface area contributed by atoms with Crippen molar-refractivity contribution in [2.75, 3.05) is 26.3 Å². The number of nitrogens with one attached hydrogen (secondary N) is 1. The van der Waals surface area contributed by atoms with Crippen LogP contribution in [-0.4, -0.2) is 60.4 Å². The number of amides is 1. The fourth-order valence-electron chi connectivity index (χ4n) is 2.14. The first-order valence-corrected chi connectivity index (χ1v) is 6.31. The van der Waals surface area contributed by atoms with E-state index < -0.39 is 0 Å². The molecule has 1 heterocycles. The molecule has 0 radical (unpaired) electrons. The Labute approximate surface area is 103 Å². The van der Waals surface area contributed by atoms with Crippen molar-refractivity contribution in [1.29, 1.82) is 0 Å². The number of carbonyl (C=O) groups is 1. The van der Waals surface area contributed by atoms with Gasteiger partial charge in [-0.25, -0.2) is 0 Å². The van der Waals surface area contributed by atoms with Gasteiger partial charge < -0.3 is 20.1 Å². The lowest BCUT2D eigenvalue weighted by Gasteiger charge is -2.30. The molecule has 1 saturated heterocycles. The minimum atomic E-state index is -0.344. The van der Waals surface area contributed by atoms with Crippen LogP contribution in [0.5, 0.6) is 0 Å². The van der Waals surface area contributed by atoms with Crippen LogP contribution in [0, 0.1) is 0 Å². The molecule has 1 rings (SSSR count). The Morgan fingerprint density at radius 1 is 1.35 bits per heavy atom. The number of aliphatic hydroxyl groups is 1. The van der Waals surface area contributed by atoms with Gasteiger partial charge in [0, 0.05) is 19.1 Å². The second kappa shape index (κ2) is 6.93. The van der Waals surface area contributed by atoms with E-state index in [0.717, 1.165) is 0 Å². The van der Waals surface area contributed by atoms with Gasteiger partial charge in [0.25, 0.3) is 0 Å². The molecule has 0 saturated carbocycles. The van der Waals surface area contributed by atoms with Gasteiger partial charge >= 0.3 is 0 Å². The second-order valence-corrected chi connectivity index (χ2v) is 4.81. The summed E-state index contributed by atoms with van der Waals surface area (Å²) in [6, 6.07) is -0.0724. The molecule has 1 amide bonds. The molecule has 3 atom stereocenters. The maximum absolute atomic E-state index is 12.1. The zero-order valence-corrected chi connectivity index (χ0v) is 11.0. The van der Waals surface area contributed by atoms with Gasteiger partial charge in [-0.05, 0) is 27.2 Å². The minimum Gasteiger partial charge on any atom is -0.393 e. The number of ether oxygens (including phenoxy) is 1. The van der Waals surface area contributed by atoms with E-state index in [2.05, 4.69) is 5.32 Å². The molecule has 0 aliphatic carbocycles. The van der Waals surface area contributed by atoms with Crippen LogP contribution in [0.25, 0.3) is 0 Å². The van der Waals surface area contributed by atoms with Gasteiger partial charge in [0.1, 0.15) is 0 Å². The Morgan fingerprint density at radius 3 is 2.47 bits per heavy atom. The quantitative estimate of drug-likeness (QED) is 0.713. The first kappa shape index (κ1) is 14.4. The number of morpholine rings is 1. The molecule has 1 aliphatic rings. The van der Waals surface area contributed by atoms with Gasteiger partial charge in [-0.3, -0.25) is 4.79 Å². The zero-order chi connectivity index (χ0) is 12.8. The molecular weight excluding hydrogens is 220 g/mol. The van der Waals surface area contributed by atoms with Crippen LogP contribution in [-0.2, 0) is 9.53 Å². The highest BCUT2D eigenvalue weighted by atomic mass is 16.5. The van der Waals surface area contributed by atoms with Crippen LogP contribution in [0.2, 0.25) is 0 Å². The van der Waals surface area contributed by atoms with Gasteiger partial charge in [0.2, 0.25) is 5.91 Å². The number of carbonyl (C=O) groups excluding carboxylic acids is 1. The van der Waals surface area contributed by atoms with Crippen LogP contribution < -0.4 is 5.32 Å². The Morgan fingerprint density at radius 2 is 1.94 bits per heavy atom. The van der Waals surface area contributed by atoms with Gasteiger partial charge in [-0.1, -0.05) is 0 Å². The lowest BCUT2D eigenvalue weighted by atomic mass is 10.1. The van der Waals surface area contributed by atoms with Crippen LogP contribution in [0.1, 0.15) is 27.2 Å². The Bertz CT molecular complexity index is 240. The van der Waals surface area contributed by atoms with Crippen LogP contribution in [0.4, 0.5) is 0 Å². The largest absolute Gasteiger partial charge is 0.393 e. The van der Waals surface area contributed by atoms with Crippen LogP contribution in [0.15, 0.2) is 0 Å². The van der Waals surface area contributed by atoms with E-state index in [1.165, 1.54) is 0 Å². The van der Waals surface area contributed by atoms with E-state index in [9.17, 15) is 9.90 Å². The van der Waals surface area contributed by atoms with Crippen LogP contribution >= 0.6 is 0 Å². The summed E-state index contributed by atoms with van der Waals surface area (Å²) in [5.41, 5.74) is 0. The van der Waals surface area contributed by atoms with E-state index >= 15 is 0 Å². The predicted molar refractivity (Wildman–Crippen MR) is 65.8 cm³/mol. The predicted octanol–water partition coefficient (Wildman–Crippen LogP) is -0.0173. The molecule has 0 aromatic rings. The first-order chi connectivity index (χ1) is 8.00. The van der Waals surface area contributed by atoms with E-state index in [-0.39, 0.29) is 24.1 Å². The summed E-state index contributed by atoms with van der Waals surface area (Å²) >= 11 is 0. The summed E-state index contributed by atoms with van der Waals surface area (Å²) in [5.74, 6) is 0.116. The number of hydrogen-bond donors (Lipinski definition) is 2. The fraction of sp³-hybridized carbons (Fsp3) is 0.917. The number of aliphatic hydroxyl groups excluding tert-OH is 1. The van der Waals surface area contributed by atoms with Gasteiger partial charge in [0.15, 0.2) is 0 Å². The average molecular weight is 244 g/mol. The smallest absolute Gasteiger partial charge is 0.239 e. The summed E-state index contributed by atoms with van der Waals surface area (Å²) in [4.78, 5) is 13.9. The van der Waals surface area contributed by atoms with Gasteiger partial charge in [-0.15, -0.1) is 0 Å². The minimum absolute atomic E-state index is 0.116. The van der Waals surface area contributed by atoms with Crippen molar-refractivity contribution in [2.45, 2.75) is 45.4 Å². The van der Waals surface area contributed by atoms with E-state index in [4.69, 9.17) is 4.74 Å².